The molecular formula is C24H26N2O6S. The minimum Gasteiger partial charge on any atom is -0.497 e. The summed E-state index contributed by atoms with van der Waals surface area (Å²) >= 11 is 0. The van der Waals surface area contributed by atoms with Crippen molar-refractivity contribution >= 4 is 15.7 Å². The lowest BCUT2D eigenvalue weighted by atomic mass is 9.99. The van der Waals surface area contributed by atoms with Gasteiger partial charge in [-0.1, -0.05) is 13.0 Å². The Morgan fingerprint density at radius 3 is 2.55 bits per heavy atom. The summed E-state index contributed by atoms with van der Waals surface area (Å²) in [6.45, 7) is 4.42. The third-order valence-corrected chi connectivity index (χ3v) is 7.69. The Bertz CT molecular complexity index is 1260. The van der Waals surface area contributed by atoms with Crippen molar-refractivity contribution in [1.82, 2.24) is 4.98 Å². The van der Waals surface area contributed by atoms with Crippen LogP contribution in [0, 0.1) is 5.92 Å². The lowest BCUT2D eigenvalue weighted by Crippen LogP contribution is -2.33. The van der Waals surface area contributed by atoms with Gasteiger partial charge in [0.2, 0.25) is 26.6 Å². The van der Waals surface area contributed by atoms with Crippen LogP contribution in [0.1, 0.15) is 19.8 Å². The van der Waals surface area contributed by atoms with Gasteiger partial charge in [0.25, 0.3) is 0 Å². The number of anilines is 1. The average molecular weight is 471 g/mol. The number of sulfone groups is 1. The Balaban J connectivity index is 1.60. The van der Waals surface area contributed by atoms with Gasteiger partial charge < -0.3 is 23.5 Å². The fourth-order valence-electron chi connectivity index (χ4n) is 4.07. The number of fused-ring (bicyclic) bond motifs is 1. The maximum atomic E-state index is 13.7. The molecule has 0 unspecified atom stereocenters. The average Bonchev–Trinajstić information content (AvgIpc) is 3.31. The van der Waals surface area contributed by atoms with E-state index in [2.05, 4.69) is 11.9 Å². The standard InChI is InChI=1S/C24H26N2O6S/c1-16-8-10-26(11-9-16)24-23(25-22(32-24)17-4-3-5-18(14-17)29-2)33(27,28)19-6-7-20-21(15-19)31-13-12-30-20/h3-7,14-16H,8-13H2,1-2H3. The van der Waals surface area contributed by atoms with Crippen molar-refractivity contribution in [3.63, 3.8) is 0 Å². The quantitative estimate of drug-likeness (QED) is 0.548. The van der Waals surface area contributed by atoms with Crippen molar-refractivity contribution in [3.8, 4) is 28.7 Å². The fourth-order valence-corrected chi connectivity index (χ4v) is 5.40. The van der Waals surface area contributed by atoms with E-state index in [1.165, 1.54) is 12.1 Å². The van der Waals surface area contributed by atoms with Crippen molar-refractivity contribution in [2.24, 2.45) is 5.92 Å². The molecule has 5 rings (SSSR count). The zero-order valence-corrected chi connectivity index (χ0v) is 19.4. The lowest BCUT2D eigenvalue weighted by molar-refractivity contribution is 0.171. The second kappa shape index (κ2) is 8.62. The second-order valence-electron chi connectivity index (χ2n) is 8.34. The molecule has 8 nitrogen and oxygen atoms in total. The Morgan fingerprint density at radius 2 is 1.79 bits per heavy atom. The number of methoxy groups -OCH3 is 1. The molecule has 0 radical (unpaired) electrons. The summed E-state index contributed by atoms with van der Waals surface area (Å²) in [5, 5.41) is -0.0912. The minimum atomic E-state index is -3.98. The van der Waals surface area contributed by atoms with Crippen LogP contribution in [-0.4, -0.2) is 46.8 Å². The zero-order chi connectivity index (χ0) is 23.0. The van der Waals surface area contributed by atoms with Crippen LogP contribution >= 0.6 is 0 Å². The number of hydrogen-bond donors (Lipinski definition) is 0. The number of benzene rings is 2. The topological polar surface area (TPSA) is 91.1 Å². The molecule has 3 aromatic rings. The van der Waals surface area contributed by atoms with Crippen LogP contribution in [0.4, 0.5) is 5.88 Å². The van der Waals surface area contributed by atoms with Gasteiger partial charge in [-0.15, -0.1) is 0 Å². The SMILES string of the molecule is COc1cccc(-c2nc(S(=O)(=O)c3ccc4c(c3)OCCO4)c(N3CCC(C)CC3)o2)c1. The predicted molar refractivity (Wildman–Crippen MR) is 122 cm³/mol. The molecule has 0 N–H and O–H groups in total. The number of ether oxygens (including phenoxy) is 3. The van der Waals surface area contributed by atoms with E-state index in [1.54, 1.807) is 19.2 Å². The van der Waals surface area contributed by atoms with Gasteiger partial charge >= 0.3 is 0 Å². The molecule has 1 fully saturated rings. The van der Waals surface area contributed by atoms with Crippen LogP contribution in [0.3, 0.4) is 0 Å². The third-order valence-electron chi connectivity index (χ3n) is 6.05. The molecule has 2 aromatic carbocycles. The Hall–Kier alpha value is -3.20. The Morgan fingerprint density at radius 1 is 1.03 bits per heavy atom. The molecule has 0 spiro atoms. The van der Waals surface area contributed by atoms with Crippen molar-refractivity contribution in [2.45, 2.75) is 29.7 Å². The summed E-state index contributed by atoms with van der Waals surface area (Å²) in [5.74, 6) is 2.67. The lowest BCUT2D eigenvalue weighted by Gasteiger charge is -2.30. The summed E-state index contributed by atoms with van der Waals surface area (Å²) in [6, 6.07) is 11.8. The minimum absolute atomic E-state index is 0.0869. The molecule has 1 saturated heterocycles. The van der Waals surface area contributed by atoms with Crippen LogP contribution < -0.4 is 19.1 Å². The van der Waals surface area contributed by atoms with E-state index < -0.39 is 9.84 Å². The summed E-state index contributed by atoms with van der Waals surface area (Å²) in [6.07, 6.45) is 1.91. The number of rotatable bonds is 5. The largest absolute Gasteiger partial charge is 0.497 e. The maximum Gasteiger partial charge on any atom is 0.236 e. The molecule has 0 saturated carbocycles. The highest BCUT2D eigenvalue weighted by atomic mass is 32.2. The monoisotopic (exact) mass is 470 g/mol. The van der Waals surface area contributed by atoms with E-state index in [-0.39, 0.29) is 21.7 Å². The van der Waals surface area contributed by atoms with Gasteiger partial charge in [-0.3, -0.25) is 0 Å². The third kappa shape index (κ3) is 4.13. The molecular weight excluding hydrogens is 444 g/mol. The van der Waals surface area contributed by atoms with E-state index in [0.29, 0.717) is 55.0 Å². The molecule has 9 heteroatoms. The van der Waals surface area contributed by atoms with E-state index in [4.69, 9.17) is 18.6 Å². The maximum absolute atomic E-state index is 13.7. The van der Waals surface area contributed by atoms with Crippen LogP contribution in [0.5, 0.6) is 17.2 Å². The predicted octanol–water partition coefficient (Wildman–Crippen LogP) is 4.19. The van der Waals surface area contributed by atoms with Crippen LogP contribution in [-0.2, 0) is 9.84 Å². The van der Waals surface area contributed by atoms with E-state index in [1.807, 2.05) is 23.1 Å². The van der Waals surface area contributed by atoms with Crippen LogP contribution in [0.2, 0.25) is 0 Å². The van der Waals surface area contributed by atoms with Gasteiger partial charge in [0.1, 0.15) is 19.0 Å². The number of piperidine rings is 1. The zero-order valence-electron chi connectivity index (χ0n) is 18.6. The van der Waals surface area contributed by atoms with Gasteiger partial charge in [-0.25, -0.2) is 8.42 Å². The Kier molecular flexibility index (Phi) is 5.65. The normalized spacial score (nSPS) is 16.6. The van der Waals surface area contributed by atoms with E-state index in [0.717, 1.165) is 12.8 Å². The van der Waals surface area contributed by atoms with Crippen LogP contribution in [0.15, 0.2) is 56.8 Å². The molecule has 0 bridgehead atoms. The van der Waals surface area contributed by atoms with Gasteiger partial charge in [0.05, 0.1) is 12.0 Å². The molecule has 0 atom stereocenters. The molecule has 1 aromatic heterocycles. The number of hydrogen-bond acceptors (Lipinski definition) is 8. The molecule has 0 amide bonds. The Labute approximate surface area is 193 Å². The highest BCUT2D eigenvalue weighted by Gasteiger charge is 2.33. The first-order valence-electron chi connectivity index (χ1n) is 11.0. The van der Waals surface area contributed by atoms with Crippen molar-refractivity contribution in [3.05, 3.63) is 42.5 Å². The number of oxazole rings is 1. The molecule has 0 aliphatic carbocycles. The summed E-state index contributed by atoms with van der Waals surface area (Å²) < 4.78 is 50.0. The summed E-state index contributed by atoms with van der Waals surface area (Å²) in [7, 11) is -2.41. The van der Waals surface area contributed by atoms with E-state index in [9.17, 15) is 8.42 Å². The van der Waals surface area contributed by atoms with Gasteiger partial charge in [-0.05, 0) is 49.1 Å². The van der Waals surface area contributed by atoms with Crippen molar-refractivity contribution in [2.75, 3.05) is 38.3 Å². The second-order valence-corrected chi connectivity index (χ2v) is 10.2. The highest BCUT2D eigenvalue weighted by molar-refractivity contribution is 7.91. The first-order valence-corrected chi connectivity index (χ1v) is 12.5. The van der Waals surface area contributed by atoms with Crippen molar-refractivity contribution in [1.29, 1.82) is 0 Å². The molecule has 3 heterocycles. The molecule has 2 aliphatic heterocycles. The summed E-state index contributed by atoms with van der Waals surface area (Å²) in [4.78, 5) is 6.55. The first-order chi connectivity index (χ1) is 16.0. The summed E-state index contributed by atoms with van der Waals surface area (Å²) in [5.41, 5.74) is 0.643. The fraction of sp³-hybridized carbons (Fsp3) is 0.375. The smallest absolute Gasteiger partial charge is 0.236 e. The van der Waals surface area contributed by atoms with Crippen LogP contribution in [0.25, 0.3) is 11.5 Å². The molecule has 2 aliphatic rings. The first kappa shape index (κ1) is 21.6. The number of nitrogens with zero attached hydrogens (tertiary/aromatic N) is 2. The highest BCUT2D eigenvalue weighted by Crippen LogP contribution is 2.39. The molecule has 174 valence electrons. The number of aromatic nitrogens is 1. The van der Waals surface area contributed by atoms with Gasteiger partial charge in [0.15, 0.2) is 11.5 Å². The van der Waals surface area contributed by atoms with E-state index >= 15 is 0 Å². The van der Waals surface area contributed by atoms with Crippen molar-refractivity contribution < 1.29 is 27.0 Å². The van der Waals surface area contributed by atoms with Gasteiger partial charge in [-0.2, -0.15) is 4.98 Å². The molecule has 33 heavy (non-hydrogen) atoms. The van der Waals surface area contributed by atoms with Gasteiger partial charge in [0, 0.05) is 24.7 Å².